The highest BCUT2D eigenvalue weighted by molar-refractivity contribution is 6.30. The molecule has 0 saturated carbocycles. The van der Waals surface area contributed by atoms with Crippen molar-refractivity contribution in [3.63, 3.8) is 0 Å². The van der Waals surface area contributed by atoms with Crippen molar-refractivity contribution in [1.82, 2.24) is 0 Å². The lowest BCUT2D eigenvalue weighted by Gasteiger charge is -2.09. The number of aromatic carboxylic acids is 1. The van der Waals surface area contributed by atoms with Crippen molar-refractivity contribution in [2.24, 2.45) is 0 Å². The van der Waals surface area contributed by atoms with Gasteiger partial charge in [0.15, 0.2) is 0 Å². The summed E-state index contributed by atoms with van der Waals surface area (Å²) in [7, 11) is 0. The fourth-order valence-corrected chi connectivity index (χ4v) is 1.80. The number of rotatable bonds is 4. The number of hydrogen-bond donors (Lipinski definition) is 3. The van der Waals surface area contributed by atoms with E-state index in [9.17, 15) is 4.79 Å². The third-order valence-electron chi connectivity index (χ3n) is 2.69. The fourth-order valence-electron chi connectivity index (χ4n) is 1.67. The largest absolute Gasteiger partial charge is 0.478 e. The van der Waals surface area contributed by atoms with E-state index in [0.717, 1.165) is 11.3 Å². The minimum atomic E-state index is -1.03. The summed E-state index contributed by atoms with van der Waals surface area (Å²) in [5.74, 6) is -1.03. The van der Waals surface area contributed by atoms with E-state index < -0.39 is 5.97 Å². The second kappa shape index (κ2) is 5.63. The number of nitrogens with two attached hydrogens (primary N) is 1. The first kappa shape index (κ1) is 13.2. The molecule has 0 aliphatic rings. The van der Waals surface area contributed by atoms with E-state index in [2.05, 4.69) is 5.32 Å². The van der Waals surface area contributed by atoms with Crippen molar-refractivity contribution in [3.05, 3.63) is 58.6 Å². The number of carbonyl (C=O) groups is 1. The zero-order valence-electron chi connectivity index (χ0n) is 10.1. The lowest BCUT2D eigenvalue weighted by molar-refractivity contribution is 0.0698. The number of carboxylic acid groups (broad SMARTS) is 1. The van der Waals surface area contributed by atoms with Crippen LogP contribution in [0.4, 0.5) is 11.4 Å². The molecule has 5 heteroatoms. The number of benzene rings is 2. The lowest BCUT2D eigenvalue weighted by Crippen LogP contribution is -2.04. The van der Waals surface area contributed by atoms with Gasteiger partial charge in [0.25, 0.3) is 0 Å². The van der Waals surface area contributed by atoms with Gasteiger partial charge in [0, 0.05) is 22.9 Å². The van der Waals surface area contributed by atoms with Crippen LogP contribution < -0.4 is 11.1 Å². The van der Waals surface area contributed by atoms with Crippen LogP contribution in [0.1, 0.15) is 15.9 Å². The average molecular weight is 277 g/mol. The van der Waals surface area contributed by atoms with Crippen LogP contribution in [-0.4, -0.2) is 11.1 Å². The highest BCUT2D eigenvalue weighted by Gasteiger charge is 2.07. The predicted molar refractivity (Wildman–Crippen MR) is 76.6 cm³/mol. The van der Waals surface area contributed by atoms with Gasteiger partial charge in [0.1, 0.15) is 0 Å². The number of nitrogen functional groups attached to an aromatic ring is 1. The average Bonchev–Trinajstić information content (AvgIpc) is 2.37. The molecule has 98 valence electrons. The van der Waals surface area contributed by atoms with Gasteiger partial charge >= 0.3 is 5.97 Å². The lowest BCUT2D eigenvalue weighted by atomic mass is 10.1. The summed E-state index contributed by atoms with van der Waals surface area (Å²) in [6, 6.07) is 12.3. The second-order valence-corrected chi connectivity index (χ2v) is 4.52. The van der Waals surface area contributed by atoms with Gasteiger partial charge in [-0.15, -0.1) is 0 Å². The van der Waals surface area contributed by atoms with E-state index in [1.54, 1.807) is 12.1 Å². The quantitative estimate of drug-likeness (QED) is 0.750. The number of nitrogens with one attached hydrogen (secondary N) is 1. The Morgan fingerprint density at radius 3 is 2.47 bits per heavy atom. The number of anilines is 2. The van der Waals surface area contributed by atoms with Crippen molar-refractivity contribution in [3.8, 4) is 0 Å². The first-order valence-corrected chi connectivity index (χ1v) is 6.05. The molecule has 0 fully saturated rings. The summed E-state index contributed by atoms with van der Waals surface area (Å²) in [6.45, 7) is 0.614. The highest BCUT2D eigenvalue weighted by atomic mass is 35.5. The topological polar surface area (TPSA) is 75.3 Å². The van der Waals surface area contributed by atoms with Gasteiger partial charge in [0.05, 0.1) is 5.56 Å². The van der Waals surface area contributed by atoms with Gasteiger partial charge in [-0.05, 0) is 35.9 Å². The Kier molecular flexibility index (Phi) is 3.92. The maximum Gasteiger partial charge on any atom is 0.337 e. The van der Waals surface area contributed by atoms with Crippen LogP contribution in [0.3, 0.4) is 0 Å². The van der Waals surface area contributed by atoms with E-state index in [4.69, 9.17) is 22.4 Å². The first-order chi connectivity index (χ1) is 9.06. The van der Waals surface area contributed by atoms with E-state index in [1.165, 1.54) is 6.07 Å². The molecular weight excluding hydrogens is 264 g/mol. The molecule has 0 spiro atoms. The first-order valence-electron chi connectivity index (χ1n) is 5.67. The molecule has 2 aromatic carbocycles. The Hall–Kier alpha value is -2.20. The van der Waals surface area contributed by atoms with Crippen LogP contribution >= 0.6 is 11.6 Å². The van der Waals surface area contributed by atoms with E-state index >= 15 is 0 Å². The van der Waals surface area contributed by atoms with Crippen molar-refractivity contribution in [1.29, 1.82) is 0 Å². The molecule has 2 aromatic rings. The van der Waals surface area contributed by atoms with Gasteiger partial charge in [0.2, 0.25) is 0 Å². The van der Waals surface area contributed by atoms with Crippen molar-refractivity contribution < 1.29 is 9.90 Å². The van der Waals surface area contributed by atoms with E-state index in [1.807, 2.05) is 24.3 Å². The highest BCUT2D eigenvalue weighted by Crippen LogP contribution is 2.19. The summed E-state index contributed by atoms with van der Waals surface area (Å²) in [4.78, 5) is 10.8. The Bertz CT molecular complexity index is 597. The molecule has 0 aliphatic carbocycles. The summed E-state index contributed by atoms with van der Waals surface area (Å²) in [6.07, 6.45) is 0. The zero-order valence-corrected chi connectivity index (χ0v) is 10.8. The van der Waals surface area contributed by atoms with Crippen LogP contribution in [0.2, 0.25) is 5.02 Å². The van der Waals surface area contributed by atoms with Gasteiger partial charge < -0.3 is 16.2 Å². The van der Waals surface area contributed by atoms with E-state index in [0.29, 0.717) is 11.6 Å². The Morgan fingerprint density at radius 2 is 1.89 bits per heavy atom. The molecule has 0 atom stereocenters. The molecule has 0 unspecified atom stereocenters. The molecular formula is C14H13ClN2O2. The number of halogens is 1. The van der Waals surface area contributed by atoms with Crippen LogP contribution in [0.5, 0.6) is 0 Å². The molecule has 0 amide bonds. The van der Waals surface area contributed by atoms with Crippen LogP contribution in [0.15, 0.2) is 42.5 Å². The minimum Gasteiger partial charge on any atom is -0.478 e. The van der Waals surface area contributed by atoms with Gasteiger partial charge in [-0.1, -0.05) is 23.7 Å². The second-order valence-electron chi connectivity index (χ2n) is 4.09. The van der Waals surface area contributed by atoms with Crippen molar-refractivity contribution in [2.75, 3.05) is 11.1 Å². The standard InChI is InChI=1S/C14H13ClN2O2/c15-10-3-1-9(2-4-10)8-17-11-5-6-12(14(18)19)13(16)7-11/h1-7,17H,8,16H2,(H,18,19). The van der Waals surface area contributed by atoms with Crippen LogP contribution in [0.25, 0.3) is 0 Å². The predicted octanol–water partition coefficient (Wildman–Crippen LogP) is 3.23. The molecule has 0 saturated heterocycles. The van der Waals surface area contributed by atoms with Gasteiger partial charge in [-0.25, -0.2) is 4.79 Å². The fraction of sp³-hybridized carbons (Fsp3) is 0.0714. The molecule has 0 aliphatic heterocycles. The Morgan fingerprint density at radius 1 is 1.21 bits per heavy atom. The van der Waals surface area contributed by atoms with Crippen molar-refractivity contribution in [2.45, 2.75) is 6.54 Å². The summed E-state index contributed by atoms with van der Waals surface area (Å²) in [5, 5.41) is 12.7. The molecule has 0 heterocycles. The van der Waals surface area contributed by atoms with Gasteiger partial charge in [-0.2, -0.15) is 0 Å². The SMILES string of the molecule is Nc1cc(NCc2ccc(Cl)cc2)ccc1C(=O)O. The molecule has 4 nitrogen and oxygen atoms in total. The van der Waals surface area contributed by atoms with Crippen molar-refractivity contribution >= 4 is 28.9 Å². The molecule has 0 bridgehead atoms. The molecule has 4 N–H and O–H groups in total. The zero-order chi connectivity index (χ0) is 13.8. The monoisotopic (exact) mass is 276 g/mol. The van der Waals surface area contributed by atoms with Gasteiger partial charge in [-0.3, -0.25) is 0 Å². The molecule has 0 radical (unpaired) electrons. The third-order valence-corrected chi connectivity index (χ3v) is 2.94. The number of hydrogen-bond acceptors (Lipinski definition) is 3. The van der Waals surface area contributed by atoms with E-state index in [-0.39, 0.29) is 11.3 Å². The Balaban J connectivity index is 2.06. The maximum absolute atomic E-state index is 10.8. The molecule has 2 rings (SSSR count). The summed E-state index contributed by atoms with van der Waals surface area (Å²) >= 11 is 5.80. The minimum absolute atomic E-state index is 0.108. The maximum atomic E-state index is 10.8. The summed E-state index contributed by atoms with van der Waals surface area (Å²) in [5.41, 5.74) is 7.88. The Labute approximate surface area is 115 Å². The van der Waals surface area contributed by atoms with Crippen LogP contribution in [-0.2, 0) is 6.54 Å². The number of carboxylic acids is 1. The molecule has 0 aromatic heterocycles. The third kappa shape index (κ3) is 3.39. The smallest absolute Gasteiger partial charge is 0.337 e. The molecule has 19 heavy (non-hydrogen) atoms. The summed E-state index contributed by atoms with van der Waals surface area (Å²) < 4.78 is 0. The van der Waals surface area contributed by atoms with Crippen LogP contribution in [0, 0.1) is 0 Å². The normalized spacial score (nSPS) is 10.2.